The molecule has 94 valence electrons. The lowest BCUT2D eigenvalue weighted by Crippen LogP contribution is -2.08. The predicted molar refractivity (Wildman–Crippen MR) is 66.4 cm³/mol. The molecule has 0 saturated heterocycles. The molecule has 0 aliphatic rings. The Hall–Kier alpha value is -1.89. The molecular formula is C11H12N4O2S. The van der Waals surface area contributed by atoms with Gasteiger partial charge in [-0.1, -0.05) is 11.8 Å². The molecule has 0 radical (unpaired) electrons. The summed E-state index contributed by atoms with van der Waals surface area (Å²) in [5.41, 5.74) is 1.07. The molecule has 1 atom stereocenters. The Morgan fingerprint density at radius 3 is 2.89 bits per heavy atom. The van der Waals surface area contributed by atoms with Gasteiger partial charge in [0, 0.05) is 12.4 Å². The maximum Gasteiger partial charge on any atom is 0.313 e. The number of aliphatic carboxylic acids is 1. The van der Waals surface area contributed by atoms with Gasteiger partial charge in [-0.25, -0.2) is 0 Å². The third-order valence-corrected chi connectivity index (χ3v) is 3.41. The second-order valence-corrected chi connectivity index (χ2v) is 4.60. The van der Waals surface area contributed by atoms with Crippen molar-refractivity contribution in [2.75, 3.05) is 5.75 Å². The standard InChI is InChI=1S/C11H12N4O2S/c1-8(9-2-4-12-5-3-9)15-7-13-14-11(15)18-6-10(16)17/h2-5,7-8H,6H2,1H3,(H,16,17). The van der Waals surface area contributed by atoms with Crippen molar-refractivity contribution in [1.82, 2.24) is 19.7 Å². The number of hydrogen-bond donors (Lipinski definition) is 1. The summed E-state index contributed by atoms with van der Waals surface area (Å²) < 4.78 is 1.85. The van der Waals surface area contributed by atoms with E-state index in [0.29, 0.717) is 5.16 Å². The molecule has 0 aliphatic heterocycles. The first-order valence-corrected chi connectivity index (χ1v) is 6.31. The van der Waals surface area contributed by atoms with Gasteiger partial charge in [-0.05, 0) is 24.6 Å². The lowest BCUT2D eigenvalue weighted by atomic mass is 10.1. The summed E-state index contributed by atoms with van der Waals surface area (Å²) in [5.74, 6) is -0.895. The van der Waals surface area contributed by atoms with Gasteiger partial charge in [0.15, 0.2) is 5.16 Å². The molecule has 0 aromatic carbocycles. The monoisotopic (exact) mass is 264 g/mol. The molecule has 7 heteroatoms. The smallest absolute Gasteiger partial charge is 0.313 e. The Bertz CT molecular complexity index is 529. The van der Waals surface area contributed by atoms with E-state index in [0.717, 1.165) is 17.3 Å². The third kappa shape index (κ3) is 2.86. The zero-order valence-corrected chi connectivity index (χ0v) is 10.5. The van der Waals surface area contributed by atoms with Crippen LogP contribution in [0.3, 0.4) is 0 Å². The number of rotatable bonds is 5. The average molecular weight is 264 g/mol. The molecule has 0 bridgehead atoms. The fourth-order valence-corrected chi connectivity index (χ4v) is 2.24. The van der Waals surface area contributed by atoms with Crippen LogP contribution >= 0.6 is 11.8 Å². The number of carboxylic acids is 1. The van der Waals surface area contributed by atoms with E-state index in [1.54, 1.807) is 18.7 Å². The van der Waals surface area contributed by atoms with E-state index >= 15 is 0 Å². The van der Waals surface area contributed by atoms with Crippen LogP contribution in [0, 0.1) is 0 Å². The quantitative estimate of drug-likeness (QED) is 0.823. The largest absolute Gasteiger partial charge is 0.481 e. The molecule has 2 aromatic rings. The first kappa shape index (κ1) is 12.6. The number of pyridine rings is 1. The van der Waals surface area contributed by atoms with Gasteiger partial charge in [0.25, 0.3) is 0 Å². The molecule has 0 amide bonds. The van der Waals surface area contributed by atoms with E-state index in [1.165, 1.54) is 0 Å². The molecule has 6 nitrogen and oxygen atoms in total. The number of carbonyl (C=O) groups is 1. The maximum absolute atomic E-state index is 10.6. The van der Waals surface area contributed by atoms with Crippen molar-refractivity contribution in [3.63, 3.8) is 0 Å². The summed E-state index contributed by atoms with van der Waals surface area (Å²) >= 11 is 1.16. The van der Waals surface area contributed by atoms with Crippen molar-refractivity contribution in [3.8, 4) is 0 Å². The van der Waals surface area contributed by atoms with Crippen LogP contribution in [0.5, 0.6) is 0 Å². The minimum atomic E-state index is -0.869. The highest BCUT2D eigenvalue weighted by Crippen LogP contribution is 2.23. The molecule has 0 fully saturated rings. The second kappa shape index (κ2) is 5.63. The zero-order chi connectivity index (χ0) is 13.0. The highest BCUT2D eigenvalue weighted by Gasteiger charge is 2.14. The van der Waals surface area contributed by atoms with Crippen LogP contribution in [-0.2, 0) is 4.79 Å². The third-order valence-electron chi connectivity index (χ3n) is 2.47. The topological polar surface area (TPSA) is 80.9 Å². The summed E-state index contributed by atoms with van der Waals surface area (Å²) in [4.78, 5) is 14.5. The van der Waals surface area contributed by atoms with Gasteiger partial charge in [-0.2, -0.15) is 0 Å². The minimum absolute atomic E-state index is 0.0260. The number of aromatic nitrogens is 4. The fourth-order valence-electron chi connectivity index (χ4n) is 1.53. The molecule has 0 aliphatic carbocycles. The molecule has 2 aromatic heterocycles. The highest BCUT2D eigenvalue weighted by molar-refractivity contribution is 7.99. The van der Waals surface area contributed by atoms with Crippen LogP contribution in [0.25, 0.3) is 0 Å². The van der Waals surface area contributed by atoms with Crippen molar-refractivity contribution in [3.05, 3.63) is 36.4 Å². The van der Waals surface area contributed by atoms with Gasteiger partial charge in [0.2, 0.25) is 0 Å². The summed E-state index contributed by atoms with van der Waals surface area (Å²) in [6.45, 7) is 2.00. The normalized spacial score (nSPS) is 12.3. The van der Waals surface area contributed by atoms with E-state index in [1.807, 2.05) is 23.6 Å². The van der Waals surface area contributed by atoms with E-state index in [4.69, 9.17) is 5.11 Å². The first-order chi connectivity index (χ1) is 8.68. The zero-order valence-electron chi connectivity index (χ0n) is 9.72. The van der Waals surface area contributed by atoms with Crippen LogP contribution in [0.2, 0.25) is 0 Å². The number of hydrogen-bond acceptors (Lipinski definition) is 5. The van der Waals surface area contributed by atoms with Gasteiger partial charge >= 0.3 is 5.97 Å². The maximum atomic E-state index is 10.6. The van der Waals surface area contributed by atoms with Crippen molar-refractivity contribution in [2.45, 2.75) is 18.1 Å². The number of nitrogens with zero attached hydrogens (tertiary/aromatic N) is 4. The van der Waals surface area contributed by atoms with Crippen LogP contribution in [0.15, 0.2) is 36.0 Å². The van der Waals surface area contributed by atoms with E-state index in [2.05, 4.69) is 15.2 Å². The van der Waals surface area contributed by atoms with Gasteiger partial charge in [-0.15, -0.1) is 10.2 Å². The van der Waals surface area contributed by atoms with Crippen molar-refractivity contribution < 1.29 is 9.90 Å². The fraction of sp³-hybridized carbons (Fsp3) is 0.273. The summed E-state index contributed by atoms with van der Waals surface area (Å²) in [6.07, 6.45) is 5.05. The first-order valence-electron chi connectivity index (χ1n) is 5.32. The van der Waals surface area contributed by atoms with E-state index < -0.39 is 5.97 Å². The molecule has 0 spiro atoms. The lowest BCUT2D eigenvalue weighted by molar-refractivity contribution is -0.133. The van der Waals surface area contributed by atoms with Crippen LogP contribution < -0.4 is 0 Å². The molecule has 0 saturated carbocycles. The predicted octanol–water partition coefficient (Wildman–Crippen LogP) is 1.46. The Balaban J connectivity index is 2.18. The summed E-state index contributed by atoms with van der Waals surface area (Å²) in [7, 11) is 0. The molecule has 18 heavy (non-hydrogen) atoms. The molecular weight excluding hydrogens is 252 g/mol. The van der Waals surface area contributed by atoms with Gasteiger partial charge in [0.05, 0.1) is 11.8 Å². The van der Waals surface area contributed by atoms with Crippen molar-refractivity contribution in [1.29, 1.82) is 0 Å². The van der Waals surface area contributed by atoms with E-state index in [9.17, 15) is 4.79 Å². The van der Waals surface area contributed by atoms with Gasteiger partial charge in [-0.3, -0.25) is 9.78 Å². The van der Waals surface area contributed by atoms with Crippen LogP contribution in [0.4, 0.5) is 0 Å². The van der Waals surface area contributed by atoms with Crippen molar-refractivity contribution >= 4 is 17.7 Å². The van der Waals surface area contributed by atoms with Gasteiger partial charge in [0.1, 0.15) is 6.33 Å². The second-order valence-electron chi connectivity index (χ2n) is 3.66. The Kier molecular flexibility index (Phi) is 3.93. The summed E-state index contributed by atoms with van der Waals surface area (Å²) in [6, 6.07) is 3.87. The van der Waals surface area contributed by atoms with Gasteiger partial charge < -0.3 is 9.67 Å². The summed E-state index contributed by atoms with van der Waals surface area (Å²) in [5, 5.41) is 17.0. The number of thioether (sulfide) groups is 1. The molecule has 2 heterocycles. The minimum Gasteiger partial charge on any atom is -0.481 e. The van der Waals surface area contributed by atoms with Crippen molar-refractivity contribution in [2.24, 2.45) is 0 Å². The Labute approximate surface area is 108 Å². The SMILES string of the molecule is CC(c1ccncc1)n1cnnc1SCC(=O)O. The van der Waals surface area contributed by atoms with E-state index in [-0.39, 0.29) is 11.8 Å². The highest BCUT2D eigenvalue weighted by atomic mass is 32.2. The Morgan fingerprint density at radius 1 is 1.50 bits per heavy atom. The van der Waals surface area contributed by atoms with Crippen LogP contribution in [0.1, 0.15) is 18.5 Å². The molecule has 2 rings (SSSR count). The molecule has 1 N–H and O–H groups in total. The lowest BCUT2D eigenvalue weighted by Gasteiger charge is -2.14. The average Bonchev–Trinajstić information content (AvgIpc) is 2.85. The molecule has 1 unspecified atom stereocenters. The Morgan fingerprint density at radius 2 is 2.22 bits per heavy atom. The number of carboxylic acid groups (broad SMARTS) is 1. The van der Waals surface area contributed by atoms with Crippen LogP contribution in [-0.4, -0.2) is 36.6 Å².